The molecule has 1 amide bonds. The Balaban J connectivity index is 2.21. The van der Waals surface area contributed by atoms with Crippen molar-refractivity contribution in [2.75, 3.05) is 13.7 Å². The first-order valence-electron chi connectivity index (χ1n) is 9.48. The summed E-state index contributed by atoms with van der Waals surface area (Å²) >= 11 is 6.13. The Morgan fingerprint density at radius 1 is 1.20 bits per heavy atom. The largest absolute Gasteiger partial charge is 0.487 e. The molecule has 10 heteroatoms. The zero-order chi connectivity index (χ0) is 22.9. The zero-order valence-corrected chi connectivity index (χ0v) is 18.3. The van der Waals surface area contributed by atoms with Gasteiger partial charge in [0.15, 0.2) is 22.9 Å². The van der Waals surface area contributed by atoms with Gasteiger partial charge in [0.1, 0.15) is 0 Å². The second-order valence-electron chi connectivity index (χ2n) is 8.36. The van der Waals surface area contributed by atoms with E-state index in [9.17, 15) is 22.4 Å². The van der Waals surface area contributed by atoms with Crippen molar-refractivity contribution >= 4 is 17.5 Å². The van der Waals surface area contributed by atoms with Crippen molar-refractivity contribution in [3.05, 3.63) is 40.1 Å². The molecule has 168 valence electrons. The molecule has 0 radical (unpaired) electrons. The number of hydrazine groups is 1. The van der Waals surface area contributed by atoms with Gasteiger partial charge in [0.2, 0.25) is 17.5 Å². The Morgan fingerprint density at radius 2 is 1.77 bits per heavy atom. The van der Waals surface area contributed by atoms with E-state index >= 15 is 0 Å². The number of benzene rings is 1. The Morgan fingerprint density at radius 3 is 2.20 bits per heavy atom. The summed E-state index contributed by atoms with van der Waals surface area (Å²) in [6.45, 7) is 6.46. The average molecular weight is 452 g/mol. The molecule has 0 spiro atoms. The van der Waals surface area contributed by atoms with E-state index in [-0.39, 0.29) is 23.5 Å². The van der Waals surface area contributed by atoms with Crippen LogP contribution in [0.25, 0.3) is 0 Å². The number of hydrogen-bond donors (Lipinski definition) is 2. The molecule has 30 heavy (non-hydrogen) atoms. The molecule has 0 saturated carbocycles. The molecule has 1 heterocycles. The van der Waals surface area contributed by atoms with E-state index < -0.39 is 52.6 Å². The van der Waals surface area contributed by atoms with Crippen LogP contribution in [0.1, 0.15) is 46.1 Å². The minimum absolute atomic E-state index is 0.116. The maximum Gasteiger partial charge on any atom is 0.247 e. The molecule has 1 aliphatic rings. The molecule has 0 bridgehead atoms. The number of nitrogens with zero attached hydrogens (tertiary/aromatic N) is 1. The molecule has 0 aliphatic carbocycles. The van der Waals surface area contributed by atoms with Crippen molar-refractivity contribution in [3.63, 3.8) is 0 Å². The number of rotatable bonds is 7. The van der Waals surface area contributed by atoms with Crippen molar-refractivity contribution in [1.29, 1.82) is 0 Å². The first-order valence-corrected chi connectivity index (χ1v) is 9.86. The van der Waals surface area contributed by atoms with Gasteiger partial charge in [-0.05, 0) is 18.3 Å². The molecule has 2 N–H and O–H groups in total. The minimum Gasteiger partial charge on any atom is -0.487 e. The number of amides is 1. The van der Waals surface area contributed by atoms with Gasteiger partial charge in [-0.15, -0.1) is 0 Å². The lowest BCUT2D eigenvalue weighted by molar-refractivity contribution is -0.127. The summed E-state index contributed by atoms with van der Waals surface area (Å²) < 4.78 is 62.5. The van der Waals surface area contributed by atoms with Gasteiger partial charge in [0.05, 0.1) is 11.6 Å². The standard InChI is InChI=1S/C20H26ClF4N3O2/c1-6-20(12(21)10-28(5)27-20)18(29)26-9-11-13(22)15(24)17(16(25)14(11)23)30-8-7-19(2,3)4/h10,27H,6-9H2,1-5H3,(H,26,29). The van der Waals surface area contributed by atoms with Gasteiger partial charge in [-0.1, -0.05) is 39.3 Å². The van der Waals surface area contributed by atoms with E-state index in [1.807, 2.05) is 20.8 Å². The van der Waals surface area contributed by atoms with Crippen molar-refractivity contribution in [3.8, 4) is 5.75 Å². The molecule has 5 nitrogen and oxygen atoms in total. The molecule has 0 saturated heterocycles. The van der Waals surface area contributed by atoms with E-state index in [1.54, 1.807) is 14.0 Å². The Kier molecular flexibility index (Phi) is 7.29. The highest BCUT2D eigenvalue weighted by atomic mass is 35.5. The fourth-order valence-electron chi connectivity index (χ4n) is 2.95. The van der Waals surface area contributed by atoms with Crippen LogP contribution >= 0.6 is 11.6 Å². The van der Waals surface area contributed by atoms with Crippen molar-refractivity contribution in [2.24, 2.45) is 5.41 Å². The van der Waals surface area contributed by atoms with Crippen LogP contribution in [0, 0.1) is 28.7 Å². The molecule has 1 atom stereocenters. The number of ether oxygens (including phenoxy) is 1. The average Bonchev–Trinajstić information content (AvgIpc) is 2.96. The van der Waals surface area contributed by atoms with Gasteiger partial charge in [-0.25, -0.2) is 14.2 Å². The Labute approximate surface area is 178 Å². The van der Waals surface area contributed by atoms with Crippen LogP contribution in [0.3, 0.4) is 0 Å². The minimum atomic E-state index is -1.64. The molecule has 0 fully saturated rings. The van der Waals surface area contributed by atoms with Crippen molar-refractivity contribution in [1.82, 2.24) is 15.8 Å². The number of halogens is 5. The van der Waals surface area contributed by atoms with Gasteiger partial charge in [-0.2, -0.15) is 8.78 Å². The van der Waals surface area contributed by atoms with Gasteiger partial charge in [0.25, 0.3) is 0 Å². The molecule has 2 rings (SSSR count). The molecular weight excluding hydrogens is 426 g/mol. The third kappa shape index (κ3) is 4.83. The molecule has 0 aromatic heterocycles. The lowest BCUT2D eigenvalue weighted by Crippen LogP contribution is -2.56. The second-order valence-corrected chi connectivity index (χ2v) is 8.77. The first-order chi connectivity index (χ1) is 13.8. The summed E-state index contributed by atoms with van der Waals surface area (Å²) in [5.74, 6) is -8.34. The molecule has 1 aromatic rings. The predicted octanol–water partition coefficient (Wildman–Crippen LogP) is 4.35. The molecule has 1 unspecified atom stereocenters. The Hall–Kier alpha value is -2.00. The SMILES string of the molecule is CCC1(C(=O)NCc2c(F)c(F)c(OCCC(C)(C)C)c(F)c2F)NN(C)C=C1Cl. The van der Waals surface area contributed by atoms with Crippen LogP contribution in [0.2, 0.25) is 0 Å². The summed E-state index contributed by atoms with van der Waals surface area (Å²) in [6, 6.07) is 0. The van der Waals surface area contributed by atoms with Crippen LogP contribution in [0.4, 0.5) is 17.6 Å². The fourth-order valence-corrected chi connectivity index (χ4v) is 3.36. The maximum absolute atomic E-state index is 14.4. The van der Waals surface area contributed by atoms with Gasteiger partial charge in [0, 0.05) is 25.4 Å². The van der Waals surface area contributed by atoms with Crippen molar-refractivity contribution in [2.45, 2.75) is 52.6 Å². The number of hydrogen-bond acceptors (Lipinski definition) is 4. The van der Waals surface area contributed by atoms with Crippen LogP contribution in [0.5, 0.6) is 5.75 Å². The molecule has 1 aliphatic heterocycles. The molecule has 1 aromatic carbocycles. The predicted molar refractivity (Wildman–Crippen MR) is 106 cm³/mol. The van der Waals surface area contributed by atoms with Crippen LogP contribution in [-0.4, -0.2) is 30.1 Å². The second kappa shape index (κ2) is 9.01. The first kappa shape index (κ1) is 24.3. The third-order valence-corrected chi connectivity index (χ3v) is 5.26. The van der Waals surface area contributed by atoms with Gasteiger partial charge < -0.3 is 15.1 Å². The quantitative estimate of drug-likeness (QED) is 0.478. The number of carbonyl (C=O) groups is 1. The number of carbonyl (C=O) groups excluding carboxylic acids is 1. The van der Waals surface area contributed by atoms with E-state index in [0.717, 1.165) is 0 Å². The summed E-state index contributed by atoms with van der Waals surface area (Å²) in [5, 5.41) is 3.93. The van der Waals surface area contributed by atoms with Gasteiger partial charge >= 0.3 is 0 Å². The van der Waals surface area contributed by atoms with E-state index in [0.29, 0.717) is 6.42 Å². The highest BCUT2D eigenvalue weighted by Crippen LogP contribution is 2.32. The summed E-state index contributed by atoms with van der Waals surface area (Å²) in [4.78, 5) is 12.6. The van der Waals surface area contributed by atoms with E-state index in [4.69, 9.17) is 16.3 Å². The monoisotopic (exact) mass is 451 g/mol. The van der Waals surface area contributed by atoms with Crippen LogP contribution < -0.4 is 15.5 Å². The van der Waals surface area contributed by atoms with E-state index in [1.165, 1.54) is 11.2 Å². The van der Waals surface area contributed by atoms with Gasteiger partial charge in [-0.3, -0.25) is 4.79 Å². The van der Waals surface area contributed by atoms with Crippen LogP contribution in [-0.2, 0) is 11.3 Å². The third-order valence-electron chi connectivity index (χ3n) is 4.84. The topological polar surface area (TPSA) is 53.6 Å². The summed E-state index contributed by atoms with van der Waals surface area (Å²) in [7, 11) is 1.62. The maximum atomic E-state index is 14.4. The smallest absolute Gasteiger partial charge is 0.247 e. The van der Waals surface area contributed by atoms with Crippen LogP contribution in [0.15, 0.2) is 11.2 Å². The zero-order valence-electron chi connectivity index (χ0n) is 17.6. The lowest BCUT2D eigenvalue weighted by atomic mass is 9.93. The highest BCUT2D eigenvalue weighted by Gasteiger charge is 2.44. The number of nitrogens with one attached hydrogen (secondary N) is 2. The highest BCUT2D eigenvalue weighted by molar-refractivity contribution is 6.33. The summed E-state index contributed by atoms with van der Waals surface area (Å²) in [6.07, 6.45) is 2.13. The van der Waals surface area contributed by atoms with E-state index in [2.05, 4.69) is 10.7 Å². The fraction of sp³-hybridized carbons (Fsp3) is 0.550. The lowest BCUT2D eigenvalue weighted by Gasteiger charge is -2.29. The molecular formula is C20H26ClF4N3O2. The summed E-state index contributed by atoms with van der Waals surface area (Å²) in [5.41, 5.74) is 0.365. The Bertz CT molecular complexity index is 828. The van der Waals surface area contributed by atoms with Crippen molar-refractivity contribution < 1.29 is 27.1 Å². The normalized spacial score (nSPS) is 19.1.